The fourth-order valence-corrected chi connectivity index (χ4v) is 4.20. The lowest BCUT2D eigenvalue weighted by Crippen LogP contribution is -2.56. The highest BCUT2D eigenvalue weighted by Crippen LogP contribution is 2.24. The average Bonchev–Trinajstić information content (AvgIpc) is 2.81. The minimum Gasteiger partial charge on any atom is -0.478 e. The quantitative estimate of drug-likeness (QED) is 0.681. The topological polar surface area (TPSA) is 65.0 Å². The van der Waals surface area contributed by atoms with Crippen LogP contribution in [0, 0.1) is 0 Å². The number of ether oxygens (including phenoxy) is 1. The molecule has 0 saturated carbocycles. The third-order valence-electron chi connectivity index (χ3n) is 6.06. The number of rotatable bonds is 5. The summed E-state index contributed by atoms with van der Waals surface area (Å²) >= 11 is 5.94. The van der Waals surface area contributed by atoms with Gasteiger partial charge in [-0.1, -0.05) is 11.6 Å². The Labute approximate surface area is 194 Å². The first kappa shape index (κ1) is 22.6. The Morgan fingerprint density at radius 2 is 1.44 bits per heavy atom. The van der Waals surface area contributed by atoms with Gasteiger partial charge in [0.05, 0.1) is 0 Å². The van der Waals surface area contributed by atoms with Gasteiger partial charge in [0.25, 0.3) is 5.91 Å². The molecule has 0 aliphatic carbocycles. The minimum atomic E-state index is -0.959. The van der Waals surface area contributed by atoms with Crippen LogP contribution in [0.5, 0.6) is 5.75 Å². The van der Waals surface area contributed by atoms with Crippen LogP contribution < -0.4 is 14.5 Å². The van der Waals surface area contributed by atoms with E-state index in [0.29, 0.717) is 23.9 Å². The van der Waals surface area contributed by atoms with Gasteiger partial charge in [-0.3, -0.25) is 4.79 Å². The lowest BCUT2D eigenvalue weighted by molar-refractivity contribution is -0.145. The maximum absolute atomic E-state index is 13.1. The molecule has 2 aromatic rings. The lowest BCUT2D eigenvalue weighted by Gasteiger charge is -2.39. The molecule has 32 heavy (non-hydrogen) atoms. The Bertz CT molecular complexity index is 922. The molecule has 0 spiro atoms. The van der Waals surface area contributed by atoms with Crippen LogP contribution in [-0.2, 0) is 4.79 Å². The van der Waals surface area contributed by atoms with Crippen LogP contribution in [0.3, 0.4) is 0 Å². The number of carbonyl (C=O) groups is 1. The first-order valence-corrected chi connectivity index (χ1v) is 11.4. The van der Waals surface area contributed by atoms with Crippen molar-refractivity contribution in [2.45, 2.75) is 19.4 Å². The molecule has 2 aliphatic rings. The van der Waals surface area contributed by atoms with E-state index in [0.717, 1.165) is 50.9 Å². The lowest BCUT2D eigenvalue weighted by atomic mass is 10.1. The summed E-state index contributed by atoms with van der Waals surface area (Å²) in [6.45, 7) is 10.3. The zero-order valence-corrected chi connectivity index (χ0v) is 19.8. The maximum atomic E-state index is 13.1. The summed E-state index contributed by atoms with van der Waals surface area (Å²) in [5.74, 6) is 2.49. The average molecular weight is 459 g/mol. The summed E-state index contributed by atoms with van der Waals surface area (Å²) in [6, 6.07) is 9.14. The standard InChI is InChI=1S/C23H31ClN6O2/c1-23(2,32-19-6-4-18(24)5-7-19)22(31)30-14-12-29(13-15-30)21-16-20(25-17-26-21)28-10-8-27(3)9-11-28/h4-7,16-17H,8-15H2,1-3H3. The van der Waals surface area contributed by atoms with Gasteiger partial charge >= 0.3 is 0 Å². The predicted octanol–water partition coefficient (Wildman–Crippen LogP) is 2.39. The highest BCUT2D eigenvalue weighted by Gasteiger charge is 2.36. The highest BCUT2D eigenvalue weighted by molar-refractivity contribution is 6.30. The van der Waals surface area contributed by atoms with Gasteiger partial charge in [-0.2, -0.15) is 0 Å². The van der Waals surface area contributed by atoms with Gasteiger partial charge in [0.1, 0.15) is 23.7 Å². The summed E-state index contributed by atoms with van der Waals surface area (Å²) in [4.78, 5) is 30.8. The van der Waals surface area contributed by atoms with Crippen LogP contribution in [-0.4, -0.2) is 90.7 Å². The number of carbonyl (C=O) groups excluding carboxylic acids is 1. The van der Waals surface area contributed by atoms with Crippen molar-refractivity contribution in [3.8, 4) is 5.75 Å². The second-order valence-corrected chi connectivity index (χ2v) is 9.31. The van der Waals surface area contributed by atoms with Gasteiger partial charge in [0.15, 0.2) is 5.60 Å². The molecule has 2 fully saturated rings. The maximum Gasteiger partial charge on any atom is 0.266 e. The van der Waals surface area contributed by atoms with Crippen molar-refractivity contribution in [3.05, 3.63) is 41.7 Å². The van der Waals surface area contributed by atoms with E-state index < -0.39 is 5.60 Å². The third-order valence-corrected chi connectivity index (χ3v) is 6.31. The van der Waals surface area contributed by atoms with Crippen molar-refractivity contribution < 1.29 is 9.53 Å². The molecular formula is C23H31ClN6O2. The van der Waals surface area contributed by atoms with E-state index in [9.17, 15) is 4.79 Å². The SMILES string of the molecule is CN1CCN(c2cc(N3CCN(C(=O)C(C)(C)Oc4ccc(Cl)cc4)CC3)ncn2)CC1. The number of amides is 1. The first-order valence-electron chi connectivity index (χ1n) is 11.1. The molecule has 1 aromatic heterocycles. The van der Waals surface area contributed by atoms with Crippen molar-refractivity contribution in [2.75, 3.05) is 69.2 Å². The van der Waals surface area contributed by atoms with E-state index in [4.69, 9.17) is 16.3 Å². The highest BCUT2D eigenvalue weighted by atomic mass is 35.5. The van der Waals surface area contributed by atoms with Crippen LogP contribution >= 0.6 is 11.6 Å². The number of halogens is 1. The van der Waals surface area contributed by atoms with Crippen molar-refractivity contribution in [3.63, 3.8) is 0 Å². The summed E-state index contributed by atoms with van der Waals surface area (Å²) in [5.41, 5.74) is -0.959. The van der Waals surface area contributed by atoms with Crippen LogP contribution in [0.25, 0.3) is 0 Å². The number of anilines is 2. The van der Waals surface area contributed by atoms with Crippen molar-refractivity contribution in [2.24, 2.45) is 0 Å². The summed E-state index contributed by atoms with van der Waals surface area (Å²) in [6.07, 6.45) is 1.64. The van der Waals surface area contributed by atoms with E-state index in [1.807, 2.05) is 18.7 Å². The third kappa shape index (κ3) is 5.24. The van der Waals surface area contributed by atoms with Crippen molar-refractivity contribution >= 4 is 29.1 Å². The monoisotopic (exact) mass is 458 g/mol. The Morgan fingerprint density at radius 3 is 2.00 bits per heavy atom. The molecule has 4 rings (SSSR count). The molecule has 0 unspecified atom stereocenters. The normalized spacial score (nSPS) is 18.1. The van der Waals surface area contributed by atoms with Gasteiger partial charge in [0.2, 0.25) is 0 Å². The number of hydrogen-bond acceptors (Lipinski definition) is 7. The Kier molecular flexibility index (Phi) is 6.71. The van der Waals surface area contributed by atoms with Crippen LogP contribution in [0.2, 0.25) is 5.02 Å². The van der Waals surface area contributed by atoms with Crippen molar-refractivity contribution in [1.82, 2.24) is 19.8 Å². The molecular weight excluding hydrogens is 428 g/mol. The largest absolute Gasteiger partial charge is 0.478 e. The molecule has 8 nitrogen and oxygen atoms in total. The molecule has 0 radical (unpaired) electrons. The Balaban J connectivity index is 1.35. The van der Waals surface area contributed by atoms with Crippen LogP contribution in [0.1, 0.15) is 13.8 Å². The fraction of sp³-hybridized carbons (Fsp3) is 0.522. The van der Waals surface area contributed by atoms with E-state index in [1.54, 1.807) is 30.6 Å². The molecule has 1 amide bonds. The van der Waals surface area contributed by atoms with Gasteiger partial charge in [0, 0.05) is 63.4 Å². The Hall–Kier alpha value is -2.58. The van der Waals surface area contributed by atoms with Gasteiger partial charge in [-0.15, -0.1) is 0 Å². The van der Waals surface area contributed by atoms with Gasteiger partial charge in [-0.05, 0) is 45.2 Å². The molecule has 1 aromatic carbocycles. The molecule has 9 heteroatoms. The van der Waals surface area contributed by atoms with E-state index in [1.165, 1.54) is 0 Å². The molecule has 172 valence electrons. The number of nitrogens with zero attached hydrogens (tertiary/aromatic N) is 6. The minimum absolute atomic E-state index is 0.0205. The second-order valence-electron chi connectivity index (χ2n) is 8.87. The number of likely N-dealkylation sites (N-methyl/N-ethyl adjacent to an activating group) is 1. The Morgan fingerprint density at radius 1 is 0.906 bits per heavy atom. The van der Waals surface area contributed by atoms with Gasteiger partial charge < -0.3 is 24.3 Å². The van der Waals surface area contributed by atoms with E-state index in [-0.39, 0.29) is 5.91 Å². The molecule has 0 N–H and O–H groups in total. The first-order chi connectivity index (χ1) is 15.3. The summed E-state index contributed by atoms with van der Waals surface area (Å²) < 4.78 is 5.98. The van der Waals surface area contributed by atoms with Gasteiger partial charge in [-0.25, -0.2) is 9.97 Å². The van der Waals surface area contributed by atoms with Crippen LogP contribution in [0.15, 0.2) is 36.7 Å². The number of piperazine rings is 2. The number of benzene rings is 1. The summed E-state index contributed by atoms with van der Waals surface area (Å²) in [5, 5.41) is 0.637. The number of aromatic nitrogens is 2. The molecule has 0 atom stereocenters. The van der Waals surface area contributed by atoms with Crippen molar-refractivity contribution in [1.29, 1.82) is 0 Å². The fourth-order valence-electron chi connectivity index (χ4n) is 4.08. The molecule has 2 saturated heterocycles. The smallest absolute Gasteiger partial charge is 0.266 e. The zero-order chi connectivity index (χ0) is 22.7. The number of hydrogen-bond donors (Lipinski definition) is 0. The molecule has 2 aliphatic heterocycles. The van der Waals surface area contributed by atoms with Crippen LogP contribution in [0.4, 0.5) is 11.6 Å². The predicted molar refractivity (Wildman–Crippen MR) is 127 cm³/mol. The summed E-state index contributed by atoms with van der Waals surface area (Å²) in [7, 11) is 2.14. The molecule has 3 heterocycles. The van der Waals surface area contributed by atoms with E-state index >= 15 is 0 Å². The van der Waals surface area contributed by atoms with E-state index in [2.05, 4.69) is 37.8 Å². The second kappa shape index (κ2) is 9.50. The molecule has 0 bridgehead atoms. The zero-order valence-electron chi connectivity index (χ0n) is 19.0.